The number of rotatable bonds is 3. The molecule has 4 N–H and O–H groups in total. The lowest BCUT2D eigenvalue weighted by Crippen LogP contribution is -2.48. The standard InChI is InChI=1S/C14H19N5O2/c15-18-10-4-7-16-11(8-10)9-19-12(20)14(17-13(19)21)5-2-1-3-6-14/h4,7-8H,1-3,5-6,9,15H2,(H,16,18)(H,17,21). The molecule has 2 aliphatic rings. The zero-order valence-corrected chi connectivity index (χ0v) is 11.8. The third kappa shape index (κ3) is 2.44. The van der Waals surface area contributed by atoms with Gasteiger partial charge in [-0.15, -0.1) is 0 Å². The minimum atomic E-state index is -0.681. The highest BCUT2D eigenvalue weighted by Crippen LogP contribution is 2.34. The summed E-state index contributed by atoms with van der Waals surface area (Å²) in [5.41, 5.74) is 3.17. The molecular weight excluding hydrogens is 270 g/mol. The highest BCUT2D eigenvalue weighted by molar-refractivity contribution is 6.07. The molecule has 7 nitrogen and oxygen atoms in total. The van der Waals surface area contributed by atoms with E-state index in [0.717, 1.165) is 32.1 Å². The molecule has 0 unspecified atom stereocenters. The van der Waals surface area contributed by atoms with Gasteiger partial charge in [0.15, 0.2) is 0 Å². The fourth-order valence-corrected chi connectivity index (χ4v) is 3.13. The number of nitrogens with zero attached hydrogens (tertiary/aromatic N) is 2. The van der Waals surface area contributed by atoms with Crippen molar-refractivity contribution in [2.75, 3.05) is 5.43 Å². The zero-order valence-electron chi connectivity index (χ0n) is 11.8. The number of anilines is 1. The van der Waals surface area contributed by atoms with E-state index in [1.807, 2.05) is 0 Å². The van der Waals surface area contributed by atoms with E-state index in [1.165, 1.54) is 4.90 Å². The lowest BCUT2D eigenvalue weighted by molar-refractivity contribution is -0.132. The van der Waals surface area contributed by atoms with Gasteiger partial charge in [0.2, 0.25) is 0 Å². The molecule has 0 bridgehead atoms. The van der Waals surface area contributed by atoms with Gasteiger partial charge >= 0.3 is 6.03 Å². The molecule has 7 heteroatoms. The second-order valence-electron chi connectivity index (χ2n) is 5.64. The Kier molecular flexibility index (Phi) is 3.50. The van der Waals surface area contributed by atoms with Gasteiger partial charge in [-0.3, -0.25) is 20.5 Å². The minimum Gasteiger partial charge on any atom is -0.324 e. The number of nitrogen functional groups attached to an aromatic ring is 1. The van der Waals surface area contributed by atoms with Crippen LogP contribution in [0.25, 0.3) is 0 Å². The average molecular weight is 289 g/mol. The average Bonchev–Trinajstić information content (AvgIpc) is 2.73. The molecule has 0 aromatic carbocycles. The summed E-state index contributed by atoms with van der Waals surface area (Å²) in [6.45, 7) is 0.169. The van der Waals surface area contributed by atoms with Gasteiger partial charge in [0.1, 0.15) is 5.54 Å². The maximum absolute atomic E-state index is 12.6. The smallest absolute Gasteiger partial charge is 0.324 e. The Hall–Kier alpha value is -2.15. The van der Waals surface area contributed by atoms with Gasteiger partial charge in [-0.05, 0) is 25.0 Å². The van der Waals surface area contributed by atoms with E-state index >= 15 is 0 Å². The van der Waals surface area contributed by atoms with Crippen LogP contribution >= 0.6 is 0 Å². The van der Waals surface area contributed by atoms with Crippen LogP contribution in [-0.2, 0) is 11.3 Å². The summed E-state index contributed by atoms with van der Waals surface area (Å²) < 4.78 is 0. The second kappa shape index (κ2) is 5.33. The first-order chi connectivity index (χ1) is 10.1. The van der Waals surface area contributed by atoms with Crippen LogP contribution in [-0.4, -0.2) is 27.4 Å². The van der Waals surface area contributed by atoms with E-state index in [4.69, 9.17) is 5.84 Å². The number of imide groups is 1. The van der Waals surface area contributed by atoms with Crippen LogP contribution in [0.1, 0.15) is 37.8 Å². The first kappa shape index (κ1) is 13.8. The van der Waals surface area contributed by atoms with E-state index in [1.54, 1.807) is 18.3 Å². The summed E-state index contributed by atoms with van der Waals surface area (Å²) in [7, 11) is 0. The van der Waals surface area contributed by atoms with Gasteiger partial charge in [0.25, 0.3) is 5.91 Å². The number of nitrogens with two attached hydrogens (primary N) is 1. The van der Waals surface area contributed by atoms with Crippen LogP contribution < -0.4 is 16.6 Å². The number of urea groups is 1. The van der Waals surface area contributed by atoms with Crippen molar-refractivity contribution in [3.05, 3.63) is 24.0 Å². The van der Waals surface area contributed by atoms with Gasteiger partial charge in [-0.2, -0.15) is 0 Å². The van der Waals surface area contributed by atoms with Gasteiger partial charge in [-0.1, -0.05) is 19.3 Å². The zero-order chi connectivity index (χ0) is 14.9. The molecule has 1 spiro atoms. The molecule has 21 heavy (non-hydrogen) atoms. The molecule has 2 fully saturated rings. The van der Waals surface area contributed by atoms with Gasteiger partial charge in [0, 0.05) is 6.20 Å². The summed E-state index contributed by atoms with van der Waals surface area (Å²) >= 11 is 0. The Morgan fingerprint density at radius 1 is 1.33 bits per heavy atom. The molecule has 1 aliphatic heterocycles. The molecular formula is C14H19N5O2. The van der Waals surface area contributed by atoms with E-state index in [-0.39, 0.29) is 18.5 Å². The topological polar surface area (TPSA) is 100 Å². The van der Waals surface area contributed by atoms with Crippen LogP contribution in [0.2, 0.25) is 0 Å². The van der Waals surface area contributed by atoms with Crippen molar-refractivity contribution < 1.29 is 9.59 Å². The van der Waals surface area contributed by atoms with Crippen molar-refractivity contribution in [2.24, 2.45) is 5.84 Å². The number of amides is 3. The molecule has 3 rings (SSSR count). The number of carbonyl (C=O) groups excluding carboxylic acids is 2. The van der Waals surface area contributed by atoms with Gasteiger partial charge in [0.05, 0.1) is 17.9 Å². The molecule has 1 saturated carbocycles. The van der Waals surface area contributed by atoms with Crippen molar-refractivity contribution in [2.45, 2.75) is 44.2 Å². The largest absolute Gasteiger partial charge is 0.325 e. The van der Waals surface area contributed by atoms with Gasteiger partial charge in [-0.25, -0.2) is 4.79 Å². The minimum absolute atomic E-state index is 0.125. The molecule has 2 heterocycles. The molecule has 0 radical (unpaired) electrons. The van der Waals surface area contributed by atoms with E-state index in [9.17, 15) is 9.59 Å². The molecule has 112 valence electrons. The van der Waals surface area contributed by atoms with Crippen LogP contribution in [0.3, 0.4) is 0 Å². The lowest BCUT2D eigenvalue weighted by atomic mass is 9.82. The monoisotopic (exact) mass is 289 g/mol. The third-order valence-corrected chi connectivity index (χ3v) is 4.26. The van der Waals surface area contributed by atoms with Crippen molar-refractivity contribution in [3.63, 3.8) is 0 Å². The highest BCUT2D eigenvalue weighted by atomic mass is 16.2. The van der Waals surface area contributed by atoms with Crippen LogP contribution in [0.5, 0.6) is 0 Å². The number of hydrogen-bond donors (Lipinski definition) is 3. The predicted octanol–water partition coefficient (Wildman–Crippen LogP) is 1.12. The van der Waals surface area contributed by atoms with E-state index < -0.39 is 5.54 Å². The molecule has 1 aliphatic carbocycles. The molecule has 3 amide bonds. The van der Waals surface area contributed by atoms with E-state index in [0.29, 0.717) is 11.4 Å². The van der Waals surface area contributed by atoms with Crippen molar-refractivity contribution in [1.82, 2.24) is 15.2 Å². The number of nitrogens with one attached hydrogen (secondary N) is 2. The first-order valence-corrected chi connectivity index (χ1v) is 7.20. The van der Waals surface area contributed by atoms with Crippen molar-refractivity contribution >= 4 is 17.6 Å². The lowest BCUT2D eigenvalue weighted by Gasteiger charge is -2.30. The van der Waals surface area contributed by atoms with E-state index in [2.05, 4.69) is 15.7 Å². The normalized spacial score (nSPS) is 20.7. The summed E-state index contributed by atoms with van der Waals surface area (Å²) in [6.07, 6.45) is 6.13. The van der Waals surface area contributed by atoms with Crippen LogP contribution in [0.4, 0.5) is 10.5 Å². The number of hydrogen-bond acceptors (Lipinski definition) is 5. The molecule has 1 aromatic rings. The summed E-state index contributed by atoms with van der Waals surface area (Å²) in [6, 6.07) is 3.12. The predicted molar refractivity (Wildman–Crippen MR) is 76.9 cm³/mol. The number of carbonyl (C=O) groups is 2. The number of hydrazine groups is 1. The maximum Gasteiger partial charge on any atom is 0.325 e. The molecule has 1 saturated heterocycles. The maximum atomic E-state index is 12.6. The Labute approximate surface area is 122 Å². The Morgan fingerprint density at radius 2 is 2.10 bits per heavy atom. The Bertz CT molecular complexity index is 568. The van der Waals surface area contributed by atoms with Crippen molar-refractivity contribution in [1.29, 1.82) is 0 Å². The van der Waals surface area contributed by atoms with Crippen LogP contribution in [0.15, 0.2) is 18.3 Å². The summed E-state index contributed by atoms with van der Waals surface area (Å²) in [5.74, 6) is 5.23. The number of pyridine rings is 1. The third-order valence-electron chi connectivity index (χ3n) is 4.26. The first-order valence-electron chi connectivity index (χ1n) is 7.20. The van der Waals surface area contributed by atoms with Crippen LogP contribution in [0, 0.1) is 0 Å². The second-order valence-corrected chi connectivity index (χ2v) is 5.64. The fraction of sp³-hybridized carbons (Fsp3) is 0.500. The van der Waals surface area contributed by atoms with Crippen molar-refractivity contribution in [3.8, 4) is 0 Å². The van der Waals surface area contributed by atoms with Gasteiger partial charge < -0.3 is 10.7 Å². The molecule has 1 aromatic heterocycles. The molecule has 0 atom stereocenters. The highest BCUT2D eigenvalue weighted by Gasteiger charge is 2.51. The summed E-state index contributed by atoms with van der Waals surface area (Å²) in [4.78, 5) is 30.2. The fourth-order valence-electron chi connectivity index (χ4n) is 3.13. The Morgan fingerprint density at radius 3 is 2.81 bits per heavy atom. The quantitative estimate of drug-likeness (QED) is 0.440. The SMILES string of the molecule is NNc1ccnc(CN2C(=O)NC3(CCCCC3)C2=O)c1. The number of aromatic nitrogens is 1. The summed E-state index contributed by atoms with van der Waals surface area (Å²) in [5, 5.41) is 2.89. The Balaban J connectivity index is 1.79.